The summed E-state index contributed by atoms with van der Waals surface area (Å²) < 4.78 is 0. The van der Waals surface area contributed by atoms with Gasteiger partial charge in [0.25, 0.3) is 0 Å². The molecule has 0 bridgehead atoms. The number of aliphatic hydroxyl groups excluding tert-OH is 2. The van der Waals surface area contributed by atoms with Gasteiger partial charge in [-0.25, -0.2) is 0 Å². The zero-order valence-electron chi connectivity index (χ0n) is 20.8. The molecule has 4 saturated carbocycles. The van der Waals surface area contributed by atoms with Crippen LogP contribution in [-0.4, -0.2) is 22.4 Å². The molecule has 4 rings (SSSR count). The third kappa shape index (κ3) is 3.81. The van der Waals surface area contributed by atoms with Crippen LogP contribution in [0, 0.1) is 51.8 Å². The van der Waals surface area contributed by atoms with E-state index < -0.39 is 0 Å². The van der Waals surface area contributed by atoms with Crippen LogP contribution in [0.25, 0.3) is 0 Å². The predicted octanol–water partition coefficient (Wildman–Crippen LogP) is 6.83. The Bertz CT molecular complexity index is 608. The van der Waals surface area contributed by atoms with Crippen LogP contribution in [-0.2, 0) is 0 Å². The number of fused-ring (bicyclic) bond motifs is 5. The fourth-order valence-corrected chi connectivity index (χ4v) is 9.27. The van der Waals surface area contributed by atoms with Gasteiger partial charge in [-0.05, 0) is 122 Å². The summed E-state index contributed by atoms with van der Waals surface area (Å²) in [5.74, 6) is 5.08. The van der Waals surface area contributed by atoms with Crippen molar-refractivity contribution in [3.63, 3.8) is 0 Å². The van der Waals surface area contributed by atoms with Gasteiger partial charge in [-0.15, -0.1) is 0 Å². The van der Waals surface area contributed by atoms with E-state index in [4.69, 9.17) is 0 Å². The van der Waals surface area contributed by atoms with E-state index in [9.17, 15) is 10.2 Å². The third-order valence-corrected chi connectivity index (χ3v) is 11.3. The molecular weight excluding hydrogens is 368 g/mol. The second-order valence-corrected chi connectivity index (χ2v) is 13.7. The minimum absolute atomic E-state index is 0.00154. The fraction of sp³-hybridized carbons (Fsp3) is 1.00. The lowest BCUT2D eigenvalue weighted by molar-refractivity contribution is -0.129. The summed E-state index contributed by atoms with van der Waals surface area (Å²) >= 11 is 0. The Hall–Kier alpha value is -0.0800. The van der Waals surface area contributed by atoms with Crippen molar-refractivity contribution in [2.45, 2.75) is 124 Å². The Balaban J connectivity index is 1.45. The predicted molar refractivity (Wildman–Crippen MR) is 125 cm³/mol. The van der Waals surface area contributed by atoms with E-state index in [1.807, 2.05) is 0 Å². The van der Waals surface area contributed by atoms with E-state index in [1.165, 1.54) is 51.4 Å². The van der Waals surface area contributed by atoms with Crippen LogP contribution < -0.4 is 0 Å². The second kappa shape index (κ2) is 8.05. The summed E-state index contributed by atoms with van der Waals surface area (Å²) in [6, 6.07) is 0. The zero-order chi connectivity index (χ0) is 21.9. The summed E-state index contributed by atoms with van der Waals surface area (Å²) in [7, 11) is 0. The van der Waals surface area contributed by atoms with Crippen molar-refractivity contribution in [1.29, 1.82) is 0 Å². The zero-order valence-corrected chi connectivity index (χ0v) is 20.8. The second-order valence-electron chi connectivity index (χ2n) is 13.7. The monoisotopic (exact) mass is 418 g/mol. The van der Waals surface area contributed by atoms with E-state index in [0.717, 1.165) is 54.8 Å². The van der Waals surface area contributed by atoms with Crippen LogP contribution in [0.1, 0.15) is 112 Å². The van der Waals surface area contributed by atoms with E-state index in [0.29, 0.717) is 10.8 Å². The summed E-state index contributed by atoms with van der Waals surface area (Å²) in [6.45, 7) is 14.2. The molecule has 0 aromatic rings. The van der Waals surface area contributed by atoms with Crippen molar-refractivity contribution in [2.24, 2.45) is 51.8 Å². The number of hydrogen-bond acceptors (Lipinski definition) is 2. The molecule has 0 spiro atoms. The lowest BCUT2D eigenvalue weighted by atomic mass is 9.44. The summed E-state index contributed by atoms with van der Waals surface area (Å²) in [5, 5.41) is 20.8. The van der Waals surface area contributed by atoms with E-state index in [-0.39, 0.29) is 17.6 Å². The SMILES string of the molecule is C[C@H](CCC(O)C(C)(C)C)C1CC[C@H]2[C@@H]3CC[C@H]4C[C@@H](O)CC[C@]4(C)[C@H]3CC[C@]12C. The van der Waals surface area contributed by atoms with Crippen molar-refractivity contribution < 1.29 is 10.2 Å². The van der Waals surface area contributed by atoms with Crippen LogP contribution in [0.3, 0.4) is 0 Å². The van der Waals surface area contributed by atoms with Crippen LogP contribution in [0.5, 0.6) is 0 Å². The highest BCUT2D eigenvalue weighted by atomic mass is 16.3. The smallest absolute Gasteiger partial charge is 0.0588 e. The van der Waals surface area contributed by atoms with Crippen molar-refractivity contribution >= 4 is 0 Å². The van der Waals surface area contributed by atoms with E-state index in [1.54, 1.807) is 0 Å². The first-order valence-electron chi connectivity index (χ1n) is 13.3. The van der Waals surface area contributed by atoms with E-state index >= 15 is 0 Å². The van der Waals surface area contributed by atoms with E-state index in [2.05, 4.69) is 41.5 Å². The largest absolute Gasteiger partial charge is 0.393 e. The number of aliphatic hydroxyl groups is 2. The molecule has 0 aromatic carbocycles. The summed E-state index contributed by atoms with van der Waals surface area (Å²) in [5.41, 5.74) is 1.01. The maximum atomic E-state index is 10.6. The Morgan fingerprint density at radius 3 is 2.23 bits per heavy atom. The molecule has 0 aromatic heterocycles. The number of hydrogen-bond donors (Lipinski definition) is 2. The van der Waals surface area contributed by atoms with Crippen LogP contribution in [0.4, 0.5) is 0 Å². The molecule has 0 amide bonds. The molecule has 30 heavy (non-hydrogen) atoms. The summed E-state index contributed by atoms with van der Waals surface area (Å²) in [4.78, 5) is 0. The van der Waals surface area contributed by atoms with Crippen molar-refractivity contribution in [3.05, 3.63) is 0 Å². The van der Waals surface area contributed by atoms with Crippen molar-refractivity contribution in [1.82, 2.24) is 0 Å². The van der Waals surface area contributed by atoms with Gasteiger partial charge < -0.3 is 10.2 Å². The van der Waals surface area contributed by atoms with Gasteiger partial charge in [-0.2, -0.15) is 0 Å². The highest BCUT2D eigenvalue weighted by molar-refractivity contribution is 5.09. The van der Waals surface area contributed by atoms with Gasteiger partial charge in [0, 0.05) is 0 Å². The van der Waals surface area contributed by atoms with Gasteiger partial charge in [-0.1, -0.05) is 41.5 Å². The van der Waals surface area contributed by atoms with Crippen molar-refractivity contribution in [3.8, 4) is 0 Å². The van der Waals surface area contributed by atoms with Crippen molar-refractivity contribution in [2.75, 3.05) is 0 Å². The first kappa shape index (κ1) is 23.1. The molecule has 174 valence electrons. The Morgan fingerprint density at radius 2 is 1.53 bits per heavy atom. The quantitative estimate of drug-likeness (QED) is 0.525. The Labute approximate surface area is 186 Å². The molecule has 2 N–H and O–H groups in total. The molecule has 0 radical (unpaired) electrons. The van der Waals surface area contributed by atoms with Gasteiger partial charge in [0.05, 0.1) is 12.2 Å². The van der Waals surface area contributed by atoms with Crippen LogP contribution in [0.15, 0.2) is 0 Å². The average molecular weight is 419 g/mol. The third-order valence-electron chi connectivity index (χ3n) is 11.3. The highest BCUT2D eigenvalue weighted by Gasteiger charge is 2.60. The maximum absolute atomic E-state index is 10.6. The molecule has 4 aliphatic carbocycles. The fourth-order valence-electron chi connectivity index (χ4n) is 9.27. The Morgan fingerprint density at radius 1 is 0.867 bits per heavy atom. The average Bonchev–Trinajstić information content (AvgIpc) is 3.03. The lowest BCUT2D eigenvalue weighted by Crippen LogP contribution is -2.54. The number of rotatable bonds is 4. The molecule has 2 nitrogen and oxygen atoms in total. The molecule has 0 aliphatic heterocycles. The molecule has 2 heteroatoms. The van der Waals surface area contributed by atoms with Crippen LogP contribution in [0.2, 0.25) is 0 Å². The van der Waals surface area contributed by atoms with Gasteiger partial charge in [-0.3, -0.25) is 0 Å². The van der Waals surface area contributed by atoms with Gasteiger partial charge in [0.15, 0.2) is 0 Å². The summed E-state index contributed by atoms with van der Waals surface area (Å²) in [6.07, 6.45) is 13.8. The maximum Gasteiger partial charge on any atom is 0.0588 e. The highest BCUT2D eigenvalue weighted by Crippen LogP contribution is 2.68. The molecule has 0 heterocycles. The molecular formula is C28H50O2. The topological polar surface area (TPSA) is 40.5 Å². The normalized spacial score (nSPS) is 48.4. The minimum Gasteiger partial charge on any atom is -0.393 e. The molecule has 4 fully saturated rings. The first-order valence-corrected chi connectivity index (χ1v) is 13.3. The standard InChI is InChI=1S/C28H50O2/c1-18(7-12-25(30)26(2,3)4)22-10-11-23-21-9-8-19-17-20(29)13-15-27(19,5)24(21)14-16-28(22,23)6/h18-25,29-30H,7-17H2,1-6H3/t18-,19+,20+,21+,22?,23+,24+,25?,27+,28-/m1/s1. The Kier molecular flexibility index (Phi) is 6.20. The minimum atomic E-state index is -0.183. The van der Waals surface area contributed by atoms with Gasteiger partial charge in [0.1, 0.15) is 0 Å². The first-order chi connectivity index (χ1) is 14.0. The lowest BCUT2D eigenvalue weighted by Gasteiger charge is -2.61. The molecule has 0 saturated heterocycles. The van der Waals surface area contributed by atoms with Gasteiger partial charge >= 0.3 is 0 Å². The molecule has 4 aliphatic rings. The molecule has 2 unspecified atom stereocenters. The molecule has 10 atom stereocenters. The van der Waals surface area contributed by atoms with Crippen LogP contribution >= 0.6 is 0 Å². The van der Waals surface area contributed by atoms with Gasteiger partial charge in [0.2, 0.25) is 0 Å².